The molecule has 4 rings (SSSR count). The fraction of sp³-hybridized carbons (Fsp3) is 0.174. The van der Waals surface area contributed by atoms with E-state index in [4.69, 9.17) is 23.2 Å². The van der Waals surface area contributed by atoms with Crippen molar-refractivity contribution in [2.24, 2.45) is 0 Å². The van der Waals surface area contributed by atoms with Gasteiger partial charge >= 0.3 is 0 Å². The minimum atomic E-state index is -0.221. The molecule has 2 aromatic carbocycles. The van der Waals surface area contributed by atoms with Gasteiger partial charge in [0.1, 0.15) is 0 Å². The molecule has 0 radical (unpaired) electrons. The summed E-state index contributed by atoms with van der Waals surface area (Å²) in [4.78, 5) is 12.7. The van der Waals surface area contributed by atoms with Crippen molar-refractivity contribution in [1.82, 2.24) is 19.6 Å². The zero-order chi connectivity index (χ0) is 22.0. The fourth-order valence-electron chi connectivity index (χ4n) is 3.34. The number of carbonyl (C=O) groups is 1. The van der Waals surface area contributed by atoms with Gasteiger partial charge in [0, 0.05) is 22.8 Å². The number of hydrogen-bond donors (Lipinski definition) is 1. The van der Waals surface area contributed by atoms with Gasteiger partial charge in [-0.2, -0.15) is 10.2 Å². The standard InChI is InChI=1S/C23H21Cl2N5O/c1-15-22(25)16(2)30(27-15)14-17-5-3-7-19(11-17)23(31)26-21-9-10-29(28-21)13-18-6-4-8-20(24)12-18/h3-12H,13-14H2,1-2H3,(H,26,28,31). The van der Waals surface area contributed by atoms with E-state index >= 15 is 0 Å². The van der Waals surface area contributed by atoms with Crippen molar-refractivity contribution in [2.45, 2.75) is 26.9 Å². The zero-order valence-corrected chi connectivity index (χ0v) is 18.7. The fourth-order valence-corrected chi connectivity index (χ4v) is 3.69. The van der Waals surface area contributed by atoms with E-state index in [0.717, 1.165) is 22.5 Å². The van der Waals surface area contributed by atoms with Crippen LogP contribution in [0.5, 0.6) is 0 Å². The van der Waals surface area contributed by atoms with Crippen LogP contribution in [0.3, 0.4) is 0 Å². The van der Waals surface area contributed by atoms with E-state index in [1.807, 2.05) is 67.2 Å². The van der Waals surface area contributed by atoms with Crippen LogP contribution in [0.1, 0.15) is 32.9 Å². The molecular weight excluding hydrogens is 433 g/mol. The lowest BCUT2D eigenvalue weighted by atomic mass is 10.1. The maximum absolute atomic E-state index is 12.7. The molecule has 4 aromatic rings. The number of carbonyl (C=O) groups excluding carboxylic acids is 1. The molecule has 0 aliphatic heterocycles. The lowest BCUT2D eigenvalue weighted by molar-refractivity contribution is 0.102. The van der Waals surface area contributed by atoms with Crippen molar-refractivity contribution < 1.29 is 4.79 Å². The van der Waals surface area contributed by atoms with Crippen LogP contribution in [0.25, 0.3) is 0 Å². The first-order valence-corrected chi connectivity index (χ1v) is 10.5. The number of nitrogens with zero attached hydrogens (tertiary/aromatic N) is 4. The Kier molecular flexibility index (Phi) is 6.11. The highest BCUT2D eigenvalue weighted by molar-refractivity contribution is 6.31. The van der Waals surface area contributed by atoms with Gasteiger partial charge in [-0.3, -0.25) is 14.2 Å². The van der Waals surface area contributed by atoms with Crippen LogP contribution in [-0.2, 0) is 13.1 Å². The molecule has 0 spiro atoms. The first-order valence-electron chi connectivity index (χ1n) is 9.77. The Morgan fingerprint density at radius 2 is 1.71 bits per heavy atom. The molecule has 0 unspecified atom stereocenters. The Hall–Kier alpha value is -3.09. The highest BCUT2D eigenvalue weighted by atomic mass is 35.5. The van der Waals surface area contributed by atoms with Crippen LogP contribution in [-0.4, -0.2) is 25.5 Å². The lowest BCUT2D eigenvalue weighted by Crippen LogP contribution is -2.13. The first-order chi connectivity index (χ1) is 14.9. The van der Waals surface area contributed by atoms with E-state index in [9.17, 15) is 4.79 Å². The number of halogens is 2. The molecule has 0 saturated carbocycles. The maximum atomic E-state index is 12.7. The highest BCUT2D eigenvalue weighted by Gasteiger charge is 2.12. The van der Waals surface area contributed by atoms with Crippen LogP contribution < -0.4 is 5.32 Å². The summed E-state index contributed by atoms with van der Waals surface area (Å²) in [5.74, 6) is 0.268. The third kappa shape index (κ3) is 4.98. The summed E-state index contributed by atoms with van der Waals surface area (Å²) >= 11 is 12.3. The van der Waals surface area contributed by atoms with Crippen molar-refractivity contribution in [1.29, 1.82) is 0 Å². The Bertz CT molecular complexity index is 1240. The molecule has 0 fully saturated rings. The molecule has 8 heteroatoms. The van der Waals surface area contributed by atoms with Crippen molar-refractivity contribution in [2.75, 3.05) is 5.32 Å². The maximum Gasteiger partial charge on any atom is 0.256 e. The first kappa shape index (κ1) is 21.2. The normalized spacial score (nSPS) is 11.0. The Morgan fingerprint density at radius 1 is 0.968 bits per heavy atom. The van der Waals surface area contributed by atoms with Gasteiger partial charge in [0.05, 0.1) is 29.5 Å². The second-order valence-electron chi connectivity index (χ2n) is 7.33. The van der Waals surface area contributed by atoms with Crippen LogP contribution in [0, 0.1) is 13.8 Å². The summed E-state index contributed by atoms with van der Waals surface area (Å²) in [6.07, 6.45) is 1.82. The topological polar surface area (TPSA) is 64.7 Å². The number of amides is 1. The summed E-state index contributed by atoms with van der Waals surface area (Å²) in [6.45, 7) is 4.91. The number of anilines is 1. The van der Waals surface area contributed by atoms with Crippen LogP contribution in [0.15, 0.2) is 60.8 Å². The summed E-state index contributed by atoms with van der Waals surface area (Å²) in [5, 5.41) is 13.1. The zero-order valence-electron chi connectivity index (χ0n) is 17.1. The second-order valence-corrected chi connectivity index (χ2v) is 8.14. The van der Waals surface area contributed by atoms with Gasteiger partial charge in [0.25, 0.3) is 5.91 Å². The number of aromatic nitrogens is 4. The van der Waals surface area contributed by atoms with Gasteiger partial charge in [0.2, 0.25) is 0 Å². The molecule has 0 aliphatic carbocycles. The molecule has 0 saturated heterocycles. The lowest BCUT2D eigenvalue weighted by Gasteiger charge is -2.07. The second kappa shape index (κ2) is 8.96. The smallest absolute Gasteiger partial charge is 0.256 e. The molecule has 0 bridgehead atoms. The molecule has 31 heavy (non-hydrogen) atoms. The predicted molar refractivity (Wildman–Crippen MR) is 123 cm³/mol. The number of benzene rings is 2. The van der Waals surface area contributed by atoms with Gasteiger partial charge in [-0.25, -0.2) is 0 Å². The molecule has 2 aromatic heterocycles. The van der Waals surface area contributed by atoms with Gasteiger partial charge < -0.3 is 5.32 Å². The van der Waals surface area contributed by atoms with Gasteiger partial charge in [-0.15, -0.1) is 0 Å². The average molecular weight is 454 g/mol. The van der Waals surface area contributed by atoms with Crippen molar-refractivity contribution in [3.05, 3.63) is 98.9 Å². The Labute approximate surface area is 190 Å². The van der Waals surface area contributed by atoms with Crippen molar-refractivity contribution >= 4 is 34.9 Å². The van der Waals surface area contributed by atoms with Crippen molar-refractivity contribution in [3.8, 4) is 0 Å². The summed E-state index contributed by atoms with van der Waals surface area (Å²) in [7, 11) is 0. The van der Waals surface area contributed by atoms with Crippen LogP contribution >= 0.6 is 23.2 Å². The Morgan fingerprint density at radius 3 is 2.42 bits per heavy atom. The Balaban J connectivity index is 1.44. The third-order valence-corrected chi connectivity index (χ3v) is 5.71. The quantitative estimate of drug-likeness (QED) is 0.427. The molecule has 1 N–H and O–H groups in total. The number of hydrogen-bond acceptors (Lipinski definition) is 3. The van der Waals surface area contributed by atoms with Crippen LogP contribution in [0.4, 0.5) is 5.82 Å². The third-order valence-electron chi connectivity index (χ3n) is 4.93. The highest BCUT2D eigenvalue weighted by Crippen LogP contribution is 2.20. The summed E-state index contributed by atoms with van der Waals surface area (Å²) < 4.78 is 3.59. The molecule has 1 amide bonds. The van der Waals surface area contributed by atoms with E-state index in [2.05, 4.69) is 15.5 Å². The molecule has 158 valence electrons. The monoisotopic (exact) mass is 453 g/mol. The van der Waals surface area contributed by atoms with Crippen molar-refractivity contribution in [3.63, 3.8) is 0 Å². The molecule has 2 heterocycles. The summed E-state index contributed by atoms with van der Waals surface area (Å²) in [5.41, 5.74) is 4.24. The van der Waals surface area contributed by atoms with E-state index < -0.39 is 0 Å². The van der Waals surface area contributed by atoms with E-state index in [-0.39, 0.29) is 5.91 Å². The molecule has 0 aliphatic rings. The number of nitrogens with one attached hydrogen (secondary N) is 1. The minimum Gasteiger partial charge on any atom is -0.305 e. The van der Waals surface area contributed by atoms with Gasteiger partial charge in [-0.05, 0) is 49.2 Å². The number of aryl methyl sites for hydroxylation is 1. The van der Waals surface area contributed by atoms with Gasteiger partial charge in [-0.1, -0.05) is 47.5 Å². The van der Waals surface area contributed by atoms with E-state index in [0.29, 0.717) is 34.5 Å². The SMILES string of the molecule is Cc1nn(Cc2cccc(C(=O)Nc3ccn(Cc4cccc(Cl)c4)n3)c2)c(C)c1Cl. The molecule has 6 nitrogen and oxygen atoms in total. The summed E-state index contributed by atoms with van der Waals surface area (Å²) in [6, 6.07) is 16.8. The van der Waals surface area contributed by atoms with Gasteiger partial charge in [0.15, 0.2) is 5.82 Å². The minimum absolute atomic E-state index is 0.221. The van der Waals surface area contributed by atoms with E-state index in [1.54, 1.807) is 16.8 Å². The number of rotatable bonds is 6. The van der Waals surface area contributed by atoms with Crippen LogP contribution in [0.2, 0.25) is 10.0 Å². The van der Waals surface area contributed by atoms with E-state index in [1.165, 1.54) is 0 Å². The molecular formula is C23H21Cl2N5O. The predicted octanol–water partition coefficient (Wildman–Crippen LogP) is 5.35. The molecule has 0 atom stereocenters. The largest absolute Gasteiger partial charge is 0.305 e. The average Bonchev–Trinajstić information content (AvgIpc) is 3.27.